The molecule has 4 aromatic rings. The first-order chi connectivity index (χ1) is 13.0. The Kier molecular flexibility index (Phi) is 4.47. The summed E-state index contributed by atoms with van der Waals surface area (Å²) in [5, 5.41) is 14.4. The van der Waals surface area contributed by atoms with E-state index in [9.17, 15) is 5.11 Å². The minimum Gasteiger partial charge on any atom is -0.382 e. The lowest BCUT2D eigenvalue weighted by Crippen LogP contribution is -2.37. The van der Waals surface area contributed by atoms with Crippen LogP contribution in [0.25, 0.3) is 22.2 Å². The molecule has 3 heterocycles. The zero-order valence-corrected chi connectivity index (χ0v) is 15.8. The van der Waals surface area contributed by atoms with E-state index in [0.717, 1.165) is 23.4 Å². The third-order valence-electron chi connectivity index (χ3n) is 4.76. The summed E-state index contributed by atoms with van der Waals surface area (Å²) in [6.45, 7) is 3.27. The molecule has 9 heteroatoms. The van der Waals surface area contributed by atoms with Gasteiger partial charge in [-0.15, -0.1) is 0 Å². The number of nitrogens with two attached hydrogens (primary N) is 1. The molecule has 27 heavy (non-hydrogen) atoms. The first-order valence-corrected chi connectivity index (χ1v) is 9.06. The van der Waals surface area contributed by atoms with Gasteiger partial charge < -0.3 is 15.8 Å². The number of anilines is 1. The van der Waals surface area contributed by atoms with Crippen molar-refractivity contribution < 1.29 is 9.67 Å². The molecular weight excluding hydrogens is 366 g/mol. The van der Waals surface area contributed by atoms with E-state index in [1.54, 1.807) is 12.3 Å². The molecule has 0 saturated carbocycles. The van der Waals surface area contributed by atoms with Gasteiger partial charge in [-0.25, -0.2) is 19.1 Å². The van der Waals surface area contributed by atoms with Crippen molar-refractivity contribution in [2.24, 2.45) is 7.05 Å². The molecule has 0 fully saturated rings. The second-order valence-corrected chi connectivity index (χ2v) is 6.78. The average Bonchev–Trinajstić information content (AvgIpc) is 3.20. The Bertz CT molecular complexity index is 1130. The Morgan fingerprint density at radius 2 is 2.19 bits per heavy atom. The number of hydrogen-bond acceptors (Lipinski definition) is 5. The van der Waals surface area contributed by atoms with Crippen LogP contribution < -0.4 is 15.6 Å². The minimum atomic E-state index is -1.04. The summed E-state index contributed by atoms with van der Waals surface area (Å²) in [5.41, 5.74) is 9.64. The number of H-pyrrole nitrogens is 1. The number of aromatic amines is 1. The number of aromatic nitrogens is 5. The number of aliphatic hydroxyl groups excluding tert-OH is 1. The molecule has 0 amide bonds. The Morgan fingerprint density at radius 3 is 2.96 bits per heavy atom. The van der Waals surface area contributed by atoms with Gasteiger partial charge in [-0.1, -0.05) is 11.6 Å². The summed E-state index contributed by atoms with van der Waals surface area (Å²) in [6.07, 6.45) is 0.696. The van der Waals surface area contributed by atoms with Gasteiger partial charge in [-0.3, -0.25) is 5.32 Å². The van der Waals surface area contributed by atoms with Gasteiger partial charge in [-0.2, -0.15) is 0 Å². The van der Waals surface area contributed by atoms with Crippen LogP contribution in [-0.4, -0.2) is 24.6 Å². The normalized spacial score (nSPS) is 12.9. The van der Waals surface area contributed by atoms with Crippen molar-refractivity contribution >= 4 is 39.6 Å². The Hall–Kier alpha value is -2.68. The maximum absolute atomic E-state index is 10.6. The van der Waals surface area contributed by atoms with Gasteiger partial charge in [0.2, 0.25) is 0 Å². The van der Waals surface area contributed by atoms with E-state index in [1.165, 1.54) is 0 Å². The highest BCUT2D eigenvalue weighted by atomic mass is 35.5. The van der Waals surface area contributed by atoms with Crippen LogP contribution in [0.2, 0.25) is 5.02 Å². The van der Waals surface area contributed by atoms with Crippen LogP contribution in [0.4, 0.5) is 5.82 Å². The lowest BCUT2D eigenvalue weighted by atomic mass is 10.3. The van der Waals surface area contributed by atoms with Gasteiger partial charge in [0.05, 0.1) is 13.6 Å². The fourth-order valence-corrected chi connectivity index (χ4v) is 3.57. The maximum Gasteiger partial charge on any atom is 0.271 e. The number of halogens is 1. The third-order valence-corrected chi connectivity index (χ3v) is 4.99. The van der Waals surface area contributed by atoms with E-state index in [-0.39, 0.29) is 5.82 Å². The number of nitrogen functional groups attached to an aromatic ring is 1. The molecule has 1 aromatic carbocycles. The molecule has 0 bridgehead atoms. The number of imidazole rings is 1. The first kappa shape index (κ1) is 17.7. The van der Waals surface area contributed by atoms with Crippen molar-refractivity contribution in [3.05, 3.63) is 47.0 Å². The summed E-state index contributed by atoms with van der Waals surface area (Å²) in [6, 6.07) is 7.60. The molecule has 0 aliphatic heterocycles. The van der Waals surface area contributed by atoms with E-state index < -0.39 is 6.23 Å². The van der Waals surface area contributed by atoms with Gasteiger partial charge in [0.25, 0.3) is 5.82 Å². The molecule has 0 radical (unpaired) electrons. The van der Waals surface area contributed by atoms with Crippen molar-refractivity contribution in [1.82, 2.24) is 24.8 Å². The SMILES string of the molecule is CCn1c(CNC(O)c2nc3cc[nH]c3nc2N)[n+](C)c2ccc(Cl)cc21. The Balaban J connectivity index is 1.64. The van der Waals surface area contributed by atoms with Crippen molar-refractivity contribution in [1.29, 1.82) is 0 Å². The first-order valence-electron chi connectivity index (χ1n) is 8.68. The average molecular weight is 387 g/mol. The predicted molar refractivity (Wildman–Crippen MR) is 104 cm³/mol. The van der Waals surface area contributed by atoms with E-state index in [0.29, 0.717) is 28.4 Å². The molecule has 8 nitrogen and oxygen atoms in total. The molecule has 1 atom stereocenters. The Morgan fingerprint density at radius 1 is 1.37 bits per heavy atom. The number of aliphatic hydroxyl groups is 1. The summed E-state index contributed by atoms with van der Waals surface area (Å²) in [7, 11) is 1.99. The molecule has 3 aromatic heterocycles. The van der Waals surface area contributed by atoms with Gasteiger partial charge in [-0.05, 0) is 25.1 Å². The zero-order chi connectivity index (χ0) is 19.1. The topological polar surface area (TPSA) is 109 Å². The molecule has 0 spiro atoms. The molecule has 0 aliphatic rings. The van der Waals surface area contributed by atoms with Crippen LogP contribution in [-0.2, 0) is 20.1 Å². The van der Waals surface area contributed by atoms with E-state index >= 15 is 0 Å². The molecule has 5 N–H and O–H groups in total. The van der Waals surface area contributed by atoms with Crippen molar-refractivity contribution in [3.63, 3.8) is 0 Å². The lowest BCUT2D eigenvalue weighted by Gasteiger charge is -2.13. The van der Waals surface area contributed by atoms with E-state index in [2.05, 4.69) is 36.3 Å². The van der Waals surface area contributed by atoms with Crippen LogP contribution >= 0.6 is 11.6 Å². The van der Waals surface area contributed by atoms with Crippen LogP contribution in [0.15, 0.2) is 30.5 Å². The fourth-order valence-electron chi connectivity index (χ4n) is 3.41. The van der Waals surface area contributed by atoms with E-state index in [4.69, 9.17) is 17.3 Å². The van der Waals surface area contributed by atoms with E-state index in [1.807, 2.05) is 25.2 Å². The van der Waals surface area contributed by atoms with Crippen molar-refractivity contribution in [2.45, 2.75) is 26.2 Å². The highest BCUT2D eigenvalue weighted by molar-refractivity contribution is 6.31. The van der Waals surface area contributed by atoms with Crippen molar-refractivity contribution in [3.8, 4) is 0 Å². The fraction of sp³-hybridized carbons (Fsp3) is 0.278. The molecule has 1 unspecified atom stereocenters. The van der Waals surface area contributed by atoms with Crippen LogP contribution in [0.3, 0.4) is 0 Å². The summed E-state index contributed by atoms with van der Waals surface area (Å²) in [5.74, 6) is 1.19. The van der Waals surface area contributed by atoms with Crippen LogP contribution in [0, 0.1) is 0 Å². The molecule has 0 aliphatic carbocycles. The smallest absolute Gasteiger partial charge is 0.271 e. The largest absolute Gasteiger partial charge is 0.382 e. The summed E-state index contributed by atoms with van der Waals surface area (Å²) in [4.78, 5) is 11.6. The number of fused-ring (bicyclic) bond motifs is 2. The summed E-state index contributed by atoms with van der Waals surface area (Å²) >= 11 is 6.16. The number of benzene rings is 1. The number of hydrogen-bond donors (Lipinski definition) is 4. The number of aryl methyl sites for hydroxylation is 2. The van der Waals surface area contributed by atoms with Gasteiger partial charge in [0.15, 0.2) is 28.7 Å². The minimum absolute atomic E-state index is 0.192. The Labute approximate surface area is 160 Å². The van der Waals surface area contributed by atoms with Gasteiger partial charge in [0.1, 0.15) is 17.8 Å². The molecular formula is C18H21ClN7O+. The quantitative estimate of drug-likeness (QED) is 0.309. The number of rotatable bonds is 5. The third kappa shape index (κ3) is 3.01. The summed E-state index contributed by atoms with van der Waals surface area (Å²) < 4.78 is 4.24. The van der Waals surface area contributed by atoms with Crippen LogP contribution in [0.1, 0.15) is 24.7 Å². The standard InChI is InChI=1S/C18H21ClN7O/c1-3-26-13-8-10(19)4-5-12(13)25(2)14(26)9-22-18(27)15-16(20)24-17-11(23-15)6-7-21-17/h4-8,18,22,27H,3,9H2,1-2H3,(H3,20,21,24)/q+1. The van der Waals surface area contributed by atoms with Gasteiger partial charge >= 0.3 is 0 Å². The number of nitrogens with one attached hydrogen (secondary N) is 2. The maximum atomic E-state index is 10.6. The van der Waals surface area contributed by atoms with Crippen LogP contribution in [0.5, 0.6) is 0 Å². The highest BCUT2D eigenvalue weighted by Gasteiger charge is 2.24. The number of nitrogens with zero attached hydrogens (tertiary/aromatic N) is 4. The predicted octanol–water partition coefficient (Wildman–Crippen LogP) is 1.77. The monoisotopic (exact) mass is 386 g/mol. The highest BCUT2D eigenvalue weighted by Crippen LogP contribution is 2.21. The van der Waals surface area contributed by atoms with Gasteiger partial charge in [0, 0.05) is 17.3 Å². The molecule has 4 rings (SSSR count). The molecule has 0 saturated heterocycles. The van der Waals surface area contributed by atoms with Crippen molar-refractivity contribution in [2.75, 3.05) is 5.73 Å². The second-order valence-electron chi connectivity index (χ2n) is 6.34. The molecule has 140 valence electrons. The lowest BCUT2D eigenvalue weighted by molar-refractivity contribution is -0.654. The second kappa shape index (κ2) is 6.80. The zero-order valence-electron chi connectivity index (χ0n) is 15.1.